The largest absolute Gasteiger partial charge is 0.496 e. The van der Waals surface area contributed by atoms with Crippen LogP contribution in [0.1, 0.15) is 24.8 Å². The van der Waals surface area contributed by atoms with Gasteiger partial charge in [0.1, 0.15) is 5.75 Å². The van der Waals surface area contributed by atoms with Gasteiger partial charge >= 0.3 is 0 Å². The molecule has 0 atom stereocenters. The summed E-state index contributed by atoms with van der Waals surface area (Å²) in [6, 6.07) is 4.15. The van der Waals surface area contributed by atoms with E-state index in [2.05, 4.69) is 11.1 Å². The molecule has 0 radical (unpaired) electrons. The van der Waals surface area contributed by atoms with Gasteiger partial charge in [-0.05, 0) is 25.3 Å². The van der Waals surface area contributed by atoms with E-state index in [9.17, 15) is 5.26 Å². The number of hydrogen-bond donors (Lipinski definition) is 0. The van der Waals surface area contributed by atoms with Crippen LogP contribution in [-0.4, -0.2) is 19.2 Å². The van der Waals surface area contributed by atoms with Crippen LogP contribution in [0.4, 0.5) is 0 Å². The maximum Gasteiger partial charge on any atom is 0.221 e. The SMILES string of the molecule is COc1ccnc(OC)c1C1(C#N)CCC1. The van der Waals surface area contributed by atoms with Crippen LogP contribution in [0.2, 0.25) is 0 Å². The summed E-state index contributed by atoms with van der Waals surface area (Å²) in [5, 5.41) is 9.34. The van der Waals surface area contributed by atoms with E-state index in [1.165, 1.54) is 0 Å². The molecule has 4 nitrogen and oxygen atoms in total. The highest BCUT2D eigenvalue weighted by Gasteiger charge is 2.44. The molecule has 0 aliphatic heterocycles. The number of pyridine rings is 1. The monoisotopic (exact) mass is 218 g/mol. The third-order valence-corrected chi connectivity index (χ3v) is 3.19. The van der Waals surface area contributed by atoms with Crippen molar-refractivity contribution < 1.29 is 9.47 Å². The molecule has 1 aliphatic carbocycles. The van der Waals surface area contributed by atoms with Gasteiger partial charge in [-0.25, -0.2) is 4.98 Å². The van der Waals surface area contributed by atoms with Crippen molar-refractivity contribution >= 4 is 0 Å². The summed E-state index contributed by atoms with van der Waals surface area (Å²) in [5.74, 6) is 1.19. The lowest BCUT2D eigenvalue weighted by Gasteiger charge is -2.36. The minimum Gasteiger partial charge on any atom is -0.496 e. The molecule has 0 bridgehead atoms. The molecule has 1 aliphatic rings. The van der Waals surface area contributed by atoms with Gasteiger partial charge in [0.2, 0.25) is 5.88 Å². The lowest BCUT2D eigenvalue weighted by Crippen LogP contribution is -2.33. The first-order valence-corrected chi connectivity index (χ1v) is 5.26. The number of rotatable bonds is 3. The van der Waals surface area contributed by atoms with E-state index in [-0.39, 0.29) is 0 Å². The van der Waals surface area contributed by atoms with E-state index in [0.29, 0.717) is 11.6 Å². The van der Waals surface area contributed by atoms with Gasteiger partial charge in [0, 0.05) is 6.20 Å². The zero-order chi connectivity index (χ0) is 11.6. The van der Waals surface area contributed by atoms with Gasteiger partial charge < -0.3 is 9.47 Å². The molecule has 0 aromatic carbocycles. The number of methoxy groups -OCH3 is 2. The van der Waals surface area contributed by atoms with Crippen LogP contribution in [0.3, 0.4) is 0 Å². The molecular weight excluding hydrogens is 204 g/mol. The fraction of sp³-hybridized carbons (Fsp3) is 0.500. The van der Waals surface area contributed by atoms with Crippen molar-refractivity contribution in [3.8, 4) is 17.7 Å². The normalized spacial score (nSPS) is 17.1. The zero-order valence-electron chi connectivity index (χ0n) is 9.49. The second kappa shape index (κ2) is 4.01. The van der Waals surface area contributed by atoms with E-state index in [0.717, 1.165) is 24.8 Å². The van der Waals surface area contributed by atoms with Crippen molar-refractivity contribution in [2.75, 3.05) is 14.2 Å². The molecule has 0 spiro atoms. The maximum atomic E-state index is 9.34. The van der Waals surface area contributed by atoms with Crippen molar-refractivity contribution in [1.29, 1.82) is 5.26 Å². The number of nitriles is 1. The maximum absolute atomic E-state index is 9.34. The summed E-state index contributed by atoms with van der Waals surface area (Å²) in [6.45, 7) is 0. The molecule has 1 fully saturated rings. The summed E-state index contributed by atoms with van der Waals surface area (Å²) < 4.78 is 10.5. The Morgan fingerprint density at radius 2 is 2.12 bits per heavy atom. The van der Waals surface area contributed by atoms with Crippen LogP contribution >= 0.6 is 0 Å². The first kappa shape index (κ1) is 10.7. The summed E-state index contributed by atoms with van der Waals surface area (Å²) >= 11 is 0. The number of ether oxygens (including phenoxy) is 2. The standard InChI is InChI=1S/C12H14N2O2/c1-15-9-4-7-14-11(16-2)10(9)12(8-13)5-3-6-12/h4,7H,3,5-6H2,1-2H3. The Morgan fingerprint density at radius 3 is 2.56 bits per heavy atom. The Balaban J connectivity index is 2.57. The van der Waals surface area contributed by atoms with E-state index in [1.807, 2.05) is 0 Å². The minimum atomic E-state index is -0.467. The second-order valence-electron chi connectivity index (χ2n) is 3.94. The highest BCUT2D eigenvalue weighted by Crippen LogP contribution is 2.49. The second-order valence-corrected chi connectivity index (χ2v) is 3.94. The molecule has 1 aromatic rings. The van der Waals surface area contributed by atoms with Crippen LogP contribution in [0.25, 0.3) is 0 Å². The predicted molar refractivity (Wildman–Crippen MR) is 58.5 cm³/mol. The van der Waals surface area contributed by atoms with Crippen LogP contribution in [0.5, 0.6) is 11.6 Å². The highest BCUT2D eigenvalue weighted by atomic mass is 16.5. The van der Waals surface area contributed by atoms with Gasteiger partial charge in [-0.3, -0.25) is 0 Å². The number of hydrogen-bond acceptors (Lipinski definition) is 4. The molecule has 2 rings (SSSR count). The first-order chi connectivity index (χ1) is 7.77. The molecule has 1 heterocycles. The van der Waals surface area contributed by atoms with E-state index in [1.54, 1.807) is 26.5 Å². The molecular formula is C12H14N2O2. The van der Waals surface area contributed by atoms with Gasteiger partial charge in [-0.15, -0.1) is 0 Å². The third kappa shape index (κ3) is 1.40. The van der Waals surface area contributed by atoms with Gasteiger partial charge in [-0.1, -0.05) is 0 Å². The Morgan fingerprint density at radius 1 is 1.38 bits per heavy atom. The molecule has 4 heteroatoms. The average Bonchev–Trinajstić information content (AvgIpc) is 2.28. The van der Waals surface area contributed by atoms with E-state index >= 15 is 0 Å². The van der Waals surface area contributed by atoms with Crippen LogP contribution in [-0.2, 0) is 5.41 Å². The number of aromatic nitrogens is 1. The molecule has 0 amide bonds. The van der Waals surface area contributed by atoms with Gasteiger partial charge in [0.15, 0.2) is 0 Å². The van der Waals surface area contributed by atoms with Gasteiger partial charge in [0.25, 0.3) is 0 Å². The van der Waals surface area contributed by atoms with Crippen molar-refractivity contribution in [3.63, 3.8) is 0 Å². The Hall–Kier alpha value is -1.76. The summed E-state index contributed by atoms with van der Waals surface area (Å²) in [4.78, 5) is 4.15. The summed E-state index contributed by atoms with van der Waals surface area (Å²) in [5.41, 5.74) is 0.332. The first-order valence-electron chi connectivity index (χ1n) is 5.26. The van der Waals surface area contributed by atoms with E-state index < -0.39 is 5.41 Å². The number of nitrogens with zero attached hydrogens (tertiary/aromatic N) is 2. The Bertz CT molecular complexity index is 411. The van der Waals surface area contributed by atoms with Crippen LogP contribution in [0.15, 0.2) is 12.3 Å². The molecule has 0 unspecified atom stereocenters. The third-order valence-electron chi connectivity index (χ3n) is 3.19. The van der Waals surface area contributed by atoms with Crippen molar-refractivity contribution in [3.05, 3.63) is 17.8 Å². The van der Waals surface area contributed by atoms with Crippen LogP contribution < -0.4 is 9.47 Å². The Kier molecular flexibility index (Phi) is 2.69. The minimum absolute atomic E-state index is 0.467. The molecule has 84 valence electrons. The quantitative estimate of drug-likeness (QED) is 0.779. The van der Waals surface area contributed by atoms with Crippen LogP contribution in [0, 0.1) is 11.3 Å². The molecule has 0 N–H and O–H groups in total. The van der Waals surface area contributed by atoms with Crippen molar-refractivity contribution in [1.82, 2.24) is 4.98 Å². The summed E-state index contributed by atoms with van der Waals surface area (Å²) in [6.07, 6.45) is 4.39. The molecule has 16 heavy (non-hydrogen) atoms. The molecule has 1 aromatic heterocycles. The topological polar surface area (TPSA) is 55.1 Å². The summed E-state index contributed by atoms with van der Waals surface area (Å²) in [7, 11) is 3.16. The predicted octanol–water partition coefficient (Wildman–Crippen LogP) is 2.04. The lowest BCUT2D eigenvalue weighted by atomic mass is 9.65. The van der Waals surface area contributed by atoms with E-state index in [4.69, 9.17) is 9.47 Å². The van der Waals surface area contributed by atoms with Crippen molar-refractivity contribution in [2.45, 2.75) is 24.7 Å². The zero-order valence-corrected chi connectivity index (χ0v) is 9.49. The highest BCUT2D eigenvalue weighted by molar-refractivity contribution is 5.50. The average molecular weight is 218 g/mol. The molecule has 1 saturated carbocycles. The molecule has 0 saturated heterocycles. The fourth-order valence-electron chi connectivity index (χ4n) is 2.14. The van der Waals surface area contributed by atoms with Gasteiger partial charge in [-0.2, -0.15) is 5.26 Å². The van der Waals surface area contributed by atoms with Crippen molar-refractivity contribution in [2.24, 2.45) is 0 Å². The lowest BCUT2D eigenvalue weighted by molar-refractivity contribution is 0.286. The fourth-order valence-corrected chi connectivity index (χ4v) is 2.14. The van der Waals surface area contributed by atoms with Gasteiger partial charge in [0.05, 0.1) is 31.3 Å². The smallest absolute Gasteiger partial charge is 0.221 e. The Labute approximate surface area is 94.8 Å².